The number of aliphatic hydroxyl groups is 1. The minimum atomic E-state index is -0.785. The smallest absolute Gasteiger partial charge is 0.140 e. The predicted octanol–water partition coefficient (Wildman–Crippen LogP) is 4.39. The van der Waals surface area contributed by atoms with E-state index in [-0.39, 0.29) is 5.82 Å². The van der Waals surface area contributed by atoms with Crippen molar-refractivity contribution in [1.29, 1.82) is 0 Å². The van der Waals surface area contributed by atoms with Gasteiger partial charge < -0.3 is 9.84 Å². The molecule has 0 aromatic heterocycles. The minimum Gasteiger partial charge on any atom is -0.456 e. The number of thioether (sulfide) groups is 1. The maximum absolute atomic E-state index is 13.2. The molecular weight excluding hydrogens is 263 g/mol. The first-order valence-corrected chi connectivity index (χ1v) is 7.12. The number of halogens is 1. The summed E-state index contributed by atoms with van der Waals surface area (Å²) >= 11 is 1.57. The number of ether oxygens (including phenoxy) is 1. The van der Waals surface area contributed by atoms with E-state index in [1.165, 1.54) is 18.2 Å². The molecule has 2 nitrogen and oxygen atoms in total. The van der Waals surface area contributed by atoms with Crippen molar-refractivity contribution in [2.75, 3.05) is 6.26 Å². The molecule has 0 aliphatic carbocycles. The molecule has 0 spiro atoms. The van der Waals surface area contributed by atoms with Crippen LogP contribution < -0.4 is 4.74 Å². The Kier molecular flexibility index (Phi) is 4.45. The van der Waals surface area contributed by atoms with Crippen molar-refractivity contribution in [2.24, 2.45) is 0 Å². The zero-order valence-corrected chi connectivity index (χ0v) is 11.6. The Morgan fingerprint density at radius 1 is 1.16 bits per heavy atom. The molecule has 2 rings (SSSR count). The van der Waals surface area contributed by atoms with Gasteiger partial charge in [-0.1, -0.05) is 12.1 Å². The van der Waals surface area contributed by atoms with Crippen LogP contribution in [0.5, 0.6) is 11.5 Å². The summed E-state index contributed by atoms with van der Waals surface area (Å²) in [5.74, 6) is 0.780. The molecule has 0 unspecified atom stereocenters. The Balaban J connectivity index is 2.38. The van der Waals surface area contributed by atoms with Gasteiger partial charge in [-0.15, -0.1) is 11.8 Å². The normalized spacial score (nSPS) is 12.2. The maximum Gasteiger partial charge on any atom is 0.140 e. The fraction of sp³-hybridized carbons (Fsp3) is 0.200. The van der Waals surface area contributed by atoms with Crippen LogP contribution in [-0.4, -0.2) is 11.4 Å². The van der Waals surface area contributed by atoms with Gasteiger partial charge in [-0.2, -0.15) is 0 Å². The molecule has 0 fully saturated rings. The molecule has 0 saturated heterocycles. The van der Waals surface area contributed by atoms with Gasteiger partial charge in [-0.05, 0) is 43.5 Å². The predicted molar refractivity (Wildman–Crippen MR) is 75.3 cm³/mol. The molecule has 0 saturated carbocycles. The molecule has 0 bridgehead atoms. The Morgan fingerprint density at radius 2 is 1.89 bits per heavy atom. The van der Waals surface area contributed by atoms with Crippen molar-refractivity contribution in [3.05, 3.63) is 53.8 Å². The maximum atomic E-state index is 13.2. The average molecular weight is 278 g/mol. The van der Waals surface area contributed by atoms with E-state index < -0.39 is 6.10 Å². The summed E-state index contributed by atoms with van der Waals surface area (Å²) in [6, 6.07) is 11.8. The number of aliphatic hydroxyl groups excluding tert-OH is 1. The quantitative estimate of drug-likeness (QED) is 0.841. The summed E-state index contributed by atoms with van der Waals surface area (Å²) in [4.78, 5) is 0.989. The molecule has 0 heterocycles. The lowest BCUT2D eigenvalue weighted by atomic mass is 10.1. The third-order valence-electron chi connectivity index (χ3n) is 2.71. The molecule has 0 radical (unpaired) electrons. The first kappa shape index (κ1) is 13.9. The van der Waals surface area contributed by atoms with Crippen molar-refractivity contribution < 1.29 is 14.2 Å². The Hall–Kier alpha value is -1.52. The van der Waals surface area contributed by atoms with Gasteiger partial charge in [0.15, 0.2) is 0 Å². The molecule has 0 amide bonds. The van der Waals surface area contributed by atoms with Gasteiger partial charge in [-0.3, -0.25) is 0 Å². The van der Waals surface area contributed by atoms with Gasteiger partial charge >= 0.3 is 0 Å². The van der Waals surface area contributed by atoms with Crippen molar-refractivity contribution in [3.63, 3.8) is 0 Å². The molecule has 4 heteroatoms. The van der Waals surface area contributed by atoms with E-state index in [2.05, 4.69) is 0 Å². The highest BCUT2D eigenvalue weighted by Gasteiger charge is 2.12. The second kappa shape index (κ2) is 6.08. The third kappa shape index (κ3) is 3.28. The number of hydrogen-bond donors (Lipinski definition) is 1. The summed E-state index contributed by atoms with van der Waals surface area (Å²) in [7, 11) is 0. The highest BCUT2D eigenvalue weighted by molar-refractivity contribution is 7.98. The average Bonchev–Trinajstić information content (AvgIpc) is 2.41. The SMILES string of the molecule is CSc1ccccc1Oc1ccc(F)cc1[C@H](C)O. The summed E-state index contributed by atoms with van der Waals surface area (Å²) < 4.78 is 19.0. The van der Waals surface area contributed by atoms with E-state index >= 15 is 0 Å². The van der Waals surface area contributed by atoms with Crippen LogP contribution in [0.15, 0.2) is 47.4 Å². The Bertz CT molecular complexity index is 570. The van der Waals surface area contributed by atoms with Gasteiger partial charge in [0.25, 0.3) is 0 Å². The van der Waals surface area contributed by atoms with Crippen LogP contribution in [-0.2, 0) is 0 Å². The topological polar surface area (TPSA) is 29.5 Å². The first-order chi connectivity index (χ1) is 9.11. The lowest BCUT2D eigenvalue weighted by Gasteiger charge is -2.15. The van der Waals surface area contributed by atoms with Crippen molar-refractivity contribution in [2.45, 2.75) is 17.9 Å². The van der Waals surface area contributed by atoms with E-state index in [1.807, 2.05) is 30.5 Å². The summed E-state index contributed by atoms with van der Waals surface area (Å²) in [6.07, 6.45) is 1.18. The van der Waals surface area contributed by atoms with Gasteiger partial charge in [0.2, 0.25) is 0 Å². The molecular formula is C15H15FO2S. The minimum absolute atomic E-state index is 0.388. The molecule has 1 atom stereocenters. The molecule has 2 aromatic carbocycles. The summed E-state index contributed by atoms with van der Waals surface area (Å²) in [5.41, 5.74) is 0.441. The molecule has 2 aromatic rings. The molecule has 19 heavy (non-hydrogen) atoms. The first-order valence-electron chi connectivity index (χ1n) is 5.90. The van der Waals surface area contributed by atoms with E-state index in [0.29, 0.717) is 17.1 Å². The second-order valence-corrected chi connectivity index (χ2v) is 4.96. The standard InChI is InChI=1S/C15H15FO2S/c1-10(17)12-9-11(16)7-8-13(12)18-14-5-3-4-6-15(14)19-2/h3-10,17H,1-2H3/t10-/m0/s1. The summed E-state index contributed by atoms with van der Waals surface area (Å²) in [6.45, 7) is 1.59. The van der Waals surface area contributed by atoms with Gasteiger partial charge in [-0.25, -0.2) is 4.39 Å². The van der Waals surface area contributed by atoms with Crippen LogP contribution in [0.1, 0.15) is 18.6 Å². The fourth-order valence-corrected chi connectivity index (χ4v) is 2.29. The van der Waals surface area contributed by atoms with Gasteiger partial charge in [0, 0.05) is 10.5 Å². The second-order valence-electron chi connectivity index (χ2n) is 4.11. The molecule has 0 aliphatic rings. The number of rotatable bonds is 4. The number of hydrogen-bond acceptors (Lipinski definition) is 3. The fourth-order valence-electron chi connectivity index (χ4n) is 1.76. The third-order valence-corrected chi connectivity index (χ3v) is 3.49. The number of benzene rings is 2. The highest BCUT2D eigenvalue weighted by atomic mass is 32.2. The Morgan fingerprint density at radius 3 is 2.58 bits per heavy atom. The summed E-state index contributed by atoms with van der Waals surface area (Å²) in [5, 5.41) is 9.68. The van der Waals surface area contributed by atoms with E-state index in [1.54, 1.807) is 18.7 Å². The van der Waals surface area contributed by atoms with Crippen molar-refractivity contribution >= 4 is 11.8 Å². The monoisotopic (exact) mass is 278 g/mol. The van der Waals surface area contributed by atoms with Crippen LogP contribution in [0.4, 0.5) is 4.39 Å². The van der Waals surface area contributed by atoms with Crippen LogP contribution in [0.25, 0.3) is 0 Å². The lowest BCUT2D eigenvalue weighted by Crippen LogP contribution is -1.97. The van der Waals surface area contributed by atoms with Crippen LogP contribution >= 0.6 is 11.8 Å². The molecule has 1 N–H and O–H groups in total. The van der Waals surface area contributed by atoms with E-state index in [0.717, 1.165) is 4.90 Å². The van der Waals surface area contributed by atoms with Crippen molar-refractivity contribution in [3.8, 4) is 11.5 Å². The molecule has 100 valence electrons. The largest absolute Gasteiger partial charge is 0.456 e. The van der Waals surface area contributed by atoms with Crippen LogP contribution in [0.2, 0.25) is 0 Å². The van der Waals surface area contributed by atoms with E-state index in [9.17, 15) is 9.50 Å². The molecule has 0 aliphatic heterocycles. The zero-order valence-electron chi connectivity index (χ0n) is 10.8. The Labute approximate surface area is 116 Å². The zero-order chi connectivity index (χ0) is 13.8. The van der Waals surface area contributed by atoms with Gasteiger partial charge in [0.1, 0.15) is 17.3 Å². The number of para-hydroxylation sites is 1. The van der Waals surface area contributed by atoms with Crippen molar-refractivity contribution in [1.82, 2.24) is 0 Å². The highest BCUT2D eigenvalue weighted by Crippen LogP contribution is 2.34. The van der Waals surface area contributed by atoms with Crippen LogP contribution in [0, 0.1) is 5.82 Å². The lowest BCUT2D eigenvalue weighted by molar-refractivity contribution is 0.195. The van der Waals surface area contributed by atoms with Crippen LogP contribution in [0.3, 0.4) is 0 Å². The van der Waals surface area contributed by atoms with E-state index in [4.69, 9.17) is 4.74 Å². The van der Waals surface area contributed by atoms with Gasteiger partial charge in [0.05, 0.1) is 6.10 Å².